The molecule has 2 bridgehead atoms. The summed E-state index contributed by atoms with van der Waals surface area (Å²) in [4.78, 5) is 51.5. The summed E-state index contributed by atoms with van der Waals surface area (Å²) in [5.74, 6) is -2.05. The van der Waals surface area contributed by atoms with Gasteiger partial charge in [-0.1, -0.05) is 0 Å². The molecule has 52 heavy (non-hydrogen) atoms. The number of nitrogens with two attached hydrogens (primary N) is 1. The maximum atomic E-state index is 14.1. The zero-order valence-corrected chi connectivity index (χ0v) is 29.6. The van der Waals surface area contributed by atoms with E-state index in [1.807, 2.05) is 11.4 Å². The molecule has 2 unspecified atom stereocenters. The van der Waals surface area contributed by atoms with Gasteiger partial charge in [0.15, 0.2) is 0 Å². The Morgan fingerprint density at radius 1 is 0.904 bits per heavy atom. The minimum Gasteiger partial charge on any atom is -0.398 e. The molecule has 0 radical (unpaired) electrons. The number of carbonyl (C=O) groups excluding carboxylic acids is 3. The van der Waals surface area contributed by atoms with Crippen LogP contribution in [0.1, 0.15) is 60.1 Å². The quantitative estimate of drug-likeness (QED) is 0.293. The molecule has 10 nitrogen and oxygen atoms in total. The lowest BCUT2D eigenvalue weighted by Gasteiger charge is -2.42. The number of nitrogens with zero attached hydrogens (tertiary/aromatic N) is 5. The Morgan fingerprint density at radius 2 is 1.52 bits per heavy atom. The highest BCUT2D eigenvalue weighted by molar-refractivity contribution is 7.10. The molecular formula is C35H43F6N7O3S. The van der Waals surface area contributed by atoms with E-state index in [2.05, 4.69) is 22.2 Å². The summed E-state index contributed by atoms with van der Waals surface area (Å²) < 4.78 is 83.4. The summed E-state index contributed by atoms with van der Waals surface area (Å²) in [5.41, 5.74) is 1.14. The van der Waals surface area contributed by atoms with Crippen molar-refractivity contribution >= 4 is 40.6 Å². The number of nitrogen functional groups attached to an aromatic ring is 1. The van der Waals surface area contributed by atoms with Crippen LogP contribution in [0.4, 0.5) is 42.5 Å². The van der Waals surface area contributed by atoms with Crippen LogP contribution < -0.4 is 11.1 Å². The minimum absolute atomic E-state index is 0.124. The van der Waals surface area contributed by atoms with Crippen molar-refractivity contribution in [2.45, 2.75) is 88.0 Å². The monoisotopic (exact) mass is 755 g/mol. The molecule has 0 aliphatic carbocycles. The Morgan fingerprint density at radius 3 is 2.10 bits per heavy atom. The largest absolute Gasteiger partial charge is 0.418 e. The van der Waals surface area contributed by atoms with E-state index in [0.717, 1.165) is 30.1 Å². The van der Waals surface area contributed by atoms with Crippen molar-refractivity contribution in [3.8, 4) is 0 Å². The first-order valence-corrected chi connectivity index (χ1v) is 18.7. The number of likely N-dealkylation sites (tertiary alicyclic amines) is 4. The number of amides is 4. The fraction of sp³-hybridized carbons (Fsp3) is 0.629. The summed E-state index contributed by atoms with van der Waals surface area (Å²) in [5, 5.41) is 4.80. The molecule has 1 aromatic heterocycles. The van der Waals surface area contributed by atoms with Gasteiger partial charge in [0.25, 0.3) is 0 Å². The molecule has 284 valence electrons. The second kappa shape index (κ2) is 14.0. The van der Waals surface area contributed by atoms with Gasteiger partial charge in [0.1, 0.15) is 0 Å². The minimum atomic E-state index is -5.16. The Hall–Kier alpha value is -3.57. The van der Waals surface area contributed by atoms with E-state index >= 15 is 0 Å². The fourth-order valence-electron chi connectivity index (χ4n) is 8.90. The van der Waals surface area contributed by atoms with Crippen molar-refractivity contribution in [2.75, 3.05) is 57.4 Å². The van der Waals surface area contributed by atoms with Crippen LogP contribution in [-0.2, 0) is 34.9 Å². The lowest BCUT2D eigenvalue weighted by molar-refractivity contribution is -0.143. The molecule has 4 amide bonds. The number of urea groups is 1. The molecule has 5 aliphatic heterocycles. The average molecular weight is 756 g/mol. The molecule has 4 saturated heterocycles. The lowest BCUT2D eigenvalue weighted by Crippen LogP contribution is -2.54. The summed E-state index contributed by atoms with van der Waals surface area (Å²) >= 11 is 1.54. The average Bonchev–Trinajstić information content (AvgIpc) is 3.83. The number of alkyl halides is 6. The number of hydrogen-bond donors (Lipinski definition) is 2. The first-order chi connectivity index (χ1) is 24.6. The zero-order chi connectivity index (χ0) is 37.1. The maximum Gasteiger partial charge on any atom is 0.418 e. The highest BCUT2D eigenvalue weighted by Gasteiger charge is 2.46. The van der Waals surface area contributed by atoms with Crippen LogP contribution in [0.2, 0.25) is 0 Å². The third kappa shape index (κ3) is 7.32. The number of likely N-dealkylation sites (N-methyl/N-ethyl adjacent to an activating group) is 1. The van der Waals surface area contributed by atoms with Crippen molar-refractivity contribution in [1.29, 1.82) is 0 Å². The van der Waals surface area contributed by atoms with Crippen LogP contribution in [0.5, 0.6) is 0 Å². The SMILES string of the molecule is CN1CC2CC1CN2C1CCN(C(=O)[C@H](CC(=O)N2CCC(N3Cc4sccc4NC3=O)CC2)Cc2cc(C(F)(F)F)c(N)c(C(F)(F)F)c2)CC1. The molecule has 3 atom stereocenters. The first-order valence-electron chi connectivity index (χ1n) is 17.8. The van der Waals surface area contributed by atoms with Crippen LogP contribution in [0, 0.1) is 5.92 Å². The van der Waals surface area contributed by atoms with Crippen LogP contribution in [0.3, 0.4) is 0 Å². The van der Waals surface area contributed by atoms with Crippen molar-refractivity contribution in [1.82, 2.24) is 24.5 Å². The van der Waals surface area contributed by atoms with E-state index in [9.17, 15) is 40.7 Å². The number of nitrogens with one attached hydrogen (secondary N) is 1. The van der Waals surface area contributed by atoms with E-state index < -0.39 is 53.3 Å². The molecule has 4 fully saturated rings. The van der Waals surface area contributed by atoms with Gasteiger partial charge in [0.05, 0.1) is 35.0 Å². The Bertz CT molecular complexity index is 1650. The fourth-order valence-corrected chi connectivity index (χ4v) is 9.73. The van der Waals surface area contributed by atoms with Crippen molar-refractivity contribution < 1.29 is 40.7 Å². The first kappa shape index (κ1) is 36.8. The molecule has 6 heterocycles. The normalized spacial score (nSPS) is 24.4. The Kier molecular flexibility index (Phi) is 9.91. The highest BCUT2D eigenvalue weighted by atomic mass is 32.1. The van der Waals surface area contributed by atoms with Gasteiger partial charge in [-0.2, -0.15) is 26.3 Å². The standard InChI is InChI=1S/C35H43F6N7O3S/c1-44-17-25-16-24(44)18-47(25)22-4-9-46(10-5-22)32(50)21(12-20-13-26(34(36,37)38)31(42)27(14-20)35(39,40)41)15-30(49)45-7-2-23(3-8-45)48-19-29-28(6-11-52-29)43-33(48)51/h6,11,13-14,21-25H,2-5,7-10,12,15-19,42H2,1H3,(H,43,51)/t21-,24?,25?/m0/s1. The number of fused-ring (bicyclic) bond motifs is 3. The van der Waals surface area contributed by atoms with Gasteiger partial charge in [-0.25, -0.2) is 4.79 Å². The Balaban J connectivity index is 1.06. The molecule has 2 aromatic rings. The van der Waals surface area contributed by atoms with Crippen LogP contribution >= 0.6 is 11.3 Å². The molecule has 7 rings (SSSR count). The van der Waals surface area contributed by atoms with Crippen LogP contribution in [0.15, 0.2) is 23.6 Å². The summed E-state index contributed by atoms with van der Waals surface area (Å²) in [7, 11) is 2.12. The Labute approximate surface area is 301 Å². The number of rotatable bonds is 7. The molecule has 1 aromatic carbocycles. The zero-order valence-electron chi connectivity index (χ0n) is 28.8. The molecule has 0 saturated carbocycles. The van der Waals surface area contributed by atoms with Crippen molar-refractivity contribution in [3.63, 3.8) is 0 Å². The second-order valence-corrected chi connectivity index (χ2v) is 15.9. The topological polar surface area (TPSA) is 105 Å². The lowest BCUT2D eigenvalue weighted by atomic mass is 9.90. The summed E-state index contributed by atoms with van der Waals surface area (Å²) in [6, 6.07) is 3.90. The third-order valence-electron chi connectivity index (χ3n) is 11.7. The van der Waals surface area contributed by atoms with E-state index in [0.29, 0.717) is 82.6 Å². The smallest absolute Gasteiger partial charge is 0.398 e. The van der Waals surface area contributed by atoms with Gasteiger partial charge in [-0.15, -0.1) is 11.3 Å². The van der Waals surface area contributed by atoms with Gasteiger partial charge in [0, 0.05) is 74.7 Å². The van der Waals surface area contributed by atoms with Gasteiger partial charge in [-0.05, 0) is 74.7 Å². The second-order valence-electron chi connectivity index (χ2n) is 14.9. The van der Waals surface area contributed by atoms with Gasteiger partial charge < -0.3 is 30.7 Å². The molecular weight excluding hydrogens is 712 g/mol. The number of anilines is 2. The van der Waals surface area contributed by atoms with E-state index in [4.69, 9.17) is 5.73 Å². The predicted octanol–water partition coefficient (Wildman–Crippen LogP) is 5.33. The van der Waals surface area contributed by atoms with Gasteiger partial charge in [-0.3, -0.25) is 14.5 Å². The van der Waals surface area contributed by atoms with E-state index in [1.165, 1.54) is 0 Å². The summed E-state index contributed by atoms with van der Waals surface area (Å²) in [6.07, 6.45) is -7.72. The number of thiophene rings is 1. The predicted molar refractivity (Wildman–Crippen MR) is 182 cm³/mol. The molecule has 17 heteroatoms. The molecule has 5 aliphatic rings. The number of halogens is 6. The van der Waals surface area contributed by atoms with Crippen LogP contribution in [-0.4, -0.2) is 113 Å². The molecule has 0 spiro atoms. The summed E-state index contributed by atoms with van der Waals surface area (Å²) in [6.45, 7) is 3.78. The number of carbonyl (C=O) groups is 3. The number of hydrogen-bond acceptors (Lipinski definition) is 7. The van der Waals surface area contributed by atoms with Crippen molar-refractivity contribution in [3.05, 3.63) is 45.1 Å². The number of piperidine rings is 2. The van der Waals surface area contributed by atoms with Crippen molar-refractivity contribution in [2.24, 2.45) is 5.92 Å². The molecule has 3 N–H and O–H groups in total. The highest BCUT2D eigenvalue weighted by Crippen LogP contribution is 2.43. The third-order valence-corrected chi connectivity index (χ3v) is 12.6. The maximum absolute atomic E-state index is 14.1. The number of piperazine rings is 1. The van der Waals surface area contributed by atoms with Crippen LogP contribution in [0.25, 0.3) is 0 Å². The number of benzene rings is 1. The van der Waals surface area contributed by atoms with Gasteiger partial charge in [0.2, 0.25) is 11.8 Å². The van der Waals surface area contributed by atoms with Gasteiger partial charge >= 0.3 is 18.4 Å². The van der Waals surface area contributed by atoms with E-state index in [1.54, 1.807) is 26.0 Å². The van der Waals surface area contributed by atoms with E-state index in [-0.39, 0.29) is 30.1 Å².